The monoisotopic (exact) mass is 266 g/mol. The van der Waals surface area contributed by atoms with Gasteiger partial charge in [-0.2, -0.15) is 5.26 Å². The van der Waals surface area contributed by atoms with E-state index < -0.39 is 0 Å². The van der Waals surface area contributed by atoms with E-state index in [0.29, 0.717) is 5.69 Å². The van der Waals surface area contributed by atoms with E-state index in [9.17, 15) is 0 Å². The molecule has 0 fully saturated rings. The summed E-state index contributed by atoms with van der Waals surface area (Å²) in [6.45, 7) is 7.13. The van der Waals surface area contributed by atoms with Crippen LogP contribution in [0.2, 0.25) is 0 Å². The first kappa shape index (κ1) is 14.0. The Kier molecular flexibility index (Phi) is 3.99. The molecule has 20 heavy (non-hydrogen) atoms. The van der Waals surface area contributed by atoms with Gasteiger partial charge in [-0.1, -0.05) is 17.7 Å². The quantitative estimate of drug-likeness (QED) is 0.857. The van der Waals surface area contributed by atoms with Crippen molar-refractivity contribution in [3.63, 3.8) is 0 Å². The molecule has 102 valence electrons. The molecular formula is C16H18N4. The molecule has 0 atom stereocenters. The highest BCUT2D eigenvalue weighted by Gasteiger charge is 2.09. The third-order valence-electron chi connectivity index (χ3n) is 3.39. The number of benzene rings is 1. The molecule has 0 spiro atoms. The van der Waals surface area contributed by atoms with Crippen LogP contribution in [0.4, 0.5) is 5.82 Å². The van der Waals surface area contributed by atoms with E-state index >= 15 is 0 Å². The standard InChI is InChI=1S/C16H18N4/c1-11-5-12(2)15(13(3)6-11)9-20(4)16-7-14(8-17)18-10-19-16/h5-7,10H,9H2,1-4H3. The zero-order valence-corrected chi connectivity index (χ0v) is 12.3. The number of nitriles is 1. The fraction of sp³-hybridized carbons (Fsp3) is 0.312. The fourth-order valence-corrected chi connectivity index (χ4v) is 2.39. The minimum absolute atomic E-state index is 0.388. The molecule has 2 aromatic rings. The van der Waals surface area contributed by atoms with Gasteiger partial charge in [-0.25, -0.2) is 9.97 Å². The first-order valence-corrected chi connectivity index (χ1v) is 6.51. The molecule has 2 rings (SSSR count). The summed E-state index contributed by atoms with van der Waals surface area (Å²) in [6.07, 6.45) is 1.43. The van der Waals surface area contributed by atoms with Crippen LogP contribution in [0.15, 0.2) is 24.5 Å². The maximum atomic E-state index is 8.89. The summed E-state index contributed by atoms with van der Waals surface area (Å²) in [5.41, 5.74) is 5.53. The summed E-state index contributed by atoms with van der Waals surface area (Å²) in [6, 6.07) is 8.13. The predicted molar refractivity (Wildman–Crippen MR) is 79.5 cm³/mol. The van der Waals surface area contributed by atoms with Gasteiger partial charge in [0.25, 0.3) is 0 Å². The van der Waals surface area contributed by atoms with E-state index in [1.54, 1.807) is 6.07 Å². The summed E-state index contributed by atoms with van der Waals surface area (Å²) in [5, 5.41) is 8.89. The van der Waals surface area contributed by atoms with E-state index in [1.807, 2.05) is 18.0 Å². The molecule has 0 radical (unpaired) electrons. The second-order valence-electron chi connectivity index (χ2n) is 5.11. The molecule has 0 saturated carbocycles. The van der Waals surface area contributed by atoms with Crippen LogP contribution in [-0.4, -0.2) is 17.0 Å². The third kappa shape index (κ3) is 2.94. The number of aromatic nitrogens is 2. The van der Waals surface area contributed by atoms with Crippen molar-refractivity contribution in [3.8, 4) is 6.07 Å². The lowest BCUT2D eigenvalue weighted by Gasteiger charge is -2.21. The summed E-state index contributed by atoms with van der Waals surface area (Å²) in [5.74, 6) is 0.760. The summed E-state index contributed by atoms with van der Waals surface area (Å²) in [4.78, 5) is 10.2. The highest BCUT2D eigenvalue weighted by atomic mass is 15.2. The highest BCUT2D eigenvalue weighted by Crippen LogP contribution is 2.20. The molecule has 4 nitrogen and oxygen atoms in total. The maximum absolute atomic E-state index is 8.89. The van der Waals surface area contributed by atoms with Crippen molar-refractivity contribution in [3.05, 3.63) is 52.5 Å². The molecule has 0 aliphatic heterocycles. The van der Waals surface area contributed by atoms with E-state index in [0.717, 1.165) is 12.4 Å². The van der Waals surface area contributed by atoms with E-state index in [2.05, 4.69) is 42.9 Å². The highest BCUT2D eigenvalue weighted by molar-refractivity contribution is 5.45. The zero-order chi connectivity index (χ0) is 14.7. The molecule has 1 aromatic heterocycles. The van der Waals surface area contributed by atoms with Crippen molar-refractivity contribution in [1.82, 2.24) is 9.97 Å². The van der Waals surface area contributed by atoms with Gasteiger partial charge in [-0.05, 0) is 37.5 Å². The number of hydrogen-bond acceptors (Lipinski definition) is 4. The SMILES string of the molecule is Cc1cc(C)c(CN(C)c2cc(C#N)ncn2)c(C)c1. The van der Waals surface area contributed by atoms with Crippen LogP contribution in [-0.2, 0) is 6.54 Å². The van der Waals surface area contributed by atoms with Crippen LogP contribution in [0.1, 0.15) is 27.9 Å². The minimum atomic E-state index is 0.388. The molecule has 0 N–H and O–H groups in total. The normalized spacial score (nSPS) is 10.2. The van der Waals surface area contributed by atoms with Gasteiger partial charge in [-0.15, -0.1) is 0 Å². The van der Waals surface area contributed by atoms with Crippen LogP contribution in [0, 0.1) is 32.1 Å². The molecule has 0 saturated heterocycles. The molecule has 1 heterocycles. The third-order valence-corrected chi connectivity index (χ3v) is 3.39. The topological polar surface area (TPSA) is 52.8 Å². The van der Waals surface area contributed by atoms with Crippen LogP contribution in [0.5, 0.6) is 0 Å². The molecule has 0 bridgehead atoms. The van der Waals surface area contributed by atoms with Gasteiger partial charge in [0.1, 0.15) is 23.9 Å². The van der Waals surface area contributed by atoms with Gasteiger partial charge in [0, 0.05) is 19.7 Å². The Labute approximate surface area is 119 Å². The average Bonchev–Trinajstić information content (AvgIpc) is 2.42. The van der Waals surface area contributed by atoms with Crippen molar-refractivity contribution >= 4 is 5.82 Å². The van der Waals surface area contributed by atoms with E-state index in [-0.39, 0.29) is 0 Å². The Morgan fingerprint density at radius 3 is 2.35 bits per heavy atom. The van der Waals surface area contributed by atoms with Gasteiger partial charge in [-0.3, -0.25) is 0 Å². The Morgan fingerprint density at radius 2 is 1.75 bits per heavy atom. The van der Waals surface area contributed by atoms with Crippen LogP contribution < -0.4 is 4.90 Å². The van der Waals surface area contributed by atoms with E-state index in [4.69, 9.17) is 5.26 Å². The number of anilines is 1. The smallest absolute Gasteiger partial charge is 0.145 e. The van der Waals surface area contributed by atoms with Gasteiger partial charge in [0.05, 0.1) is 0 Å². The van der Waals surface area contributed by atoms with Crippen LogP contribution in [0.25, 0.3) is 0 Å². The second-order valence-corrected chi connectivity index (χ2v) is 5.11. The fourth-order valence-electron chi connectivity index (χ4n) is 2.39. The van der Waals surface area contributed by atoms with Crippen molar-refractivity contribution in [2.45, 2.75) is 27.3 Å². The van der Waals surface area contributed by atoms with Crippen molar-refractivity contribution in [2.75, 3.05) is 11.9 Å². The zero-order valence-electron chi connectivity index (χ0n) is 12.3. The second kappa shape index (κ2) is 5.70. The van der Waals surface area contributed by atoms with Crippen LogP contribution >= 0.6 is 0 Å². The minimum Gasteiger partial charge on any atom is -0.355 e. The van der Waals surface area contributed by atoms with Crippen LogP contribution in [0.3, 0.4) is 0 Å². The lowest BCUT2D eigenvalue weighted by atomic mass is 9.99. The lowest BCUT2D eigenvalue weighted by Crippen LogP contribution is -2.19. The predicted octanol–water partition coefficient (Wildman–Crippen LogP) is 2.91. The Hall–Kier alpha value is -2.41. The molecule has 0 aliphatic carbocycles. The lowest BCUT2D eigenvalue weighted by molar-refractivity contribution is 0.875. The number of aryl methyl sites for hydroxylation is 3. The number of rotatable bonds is 3. The maximum Gasteiger partial charge on any atom is 0.145 e. The largest absolute Gasteiger partial charge is 0.355 e. The Balaban J connectivity index is 2.28. The molecule has 1 aromatic carbocycles. The first-order chi connectivity index (χ1) is 9.51. The van der Waals surface area contributed by atoms with Gasteiger partial charge in [0.15, 0.2) is 0 Å². The molecule has 0 unspecified atom stereocenters. The van der Waals surface area contributed by atoms with Gasteiger partial charge in [0.2, 0.25) is 0 Å². The molecular weight excluding hydrogens is 248 g/mol. The summed E-state index contributed by atoms with van der Waals surface area (Å²) < 4.78 is 0. The first-order valence-electron chi connectivity index (χ1n) is 6.51. The van der Waals surface area contributed by atoms with E-state index in [1.165, 1.54) is 28.6 Å². The van der Waals surface area contributed by atoms with Gasteiger partial charge < -0.3 is 4.90 Å². The average molecular weight is 266 g/mol. The Bertz CT molecular complexity index is 647. The van der Waals surface area contributed by atoms with Crippen molar-refractivity contribution in [1.29, 1.82) is 5.26 Å². The number of nitrogens with zero attached hydrogens (tertiary/aromatic N) is 4. The molecule has 0 amide bonds. The van der Waals surface area contributed by atoms with Gasteiger partial charge >= 0.3 is 0 Å². The molecule has 4 heteroatoms. The summed E-state index contributed by atoms with van der Waals surface area (Å²) >= 11 is 0. The van der Waals surface area contributed by atoms with Crippen molar-refractivity contribution in [2.24, 2.45) is 0 Å². The Morgan fingerprint density at radius 1 is 1.10 bits per heavy atom. The summed E-state index contributed by atoms with van der Waals surface area (Å²) in [7, 11) is 1.97. The molecule has 0 aliphatic rings. The number of hydrogen-bond donors (Lipinski definition) is 0. The van der Waals surface area contributed by atoms with Crippen molar-refractivity contribution < 1.29 is 0 Å².